The summed E-state index contributed by atoms with van der Waals surface area (Å²) >= 11 is 0. The van der Waals surface area contributed by atoms with Crippen LogP contribution in [0.5, 0.6) is 5.75 Å². The summed E-state index contributed by atoms with van der Waals surface area (Å²) in [4.78, 5) is 23.3. The second kappa shape index (κ2) is 5.27. The number of carbonyl (C=O) groups is 2. The maximum Gasteiger partial charge on any atom is 0.170 e. The van der Waals surface area contributed by atoms with E-state index in [1.54, 1.807) is 42.5 Å². The van der Waals surface area contributed by atoms with Crippen molar-refractivity contribution >= 4 is 17.6 Å². The highest BCUT2D eigenvalue weighted by molar-refractivity contribution is 6.14. The molecule has 0 heterocycles. The summed E-state index contributed by atoms with van der Waals surface area (Å²) in [6.45, 7) is 0. The van der Waals surface area contributed by atoms with Gasteiger partial charge in [0.15, 0.2) is 11.6 Å². The van der Waals surface area contributed by atoms with E-state index in [4.69, 9.17) is 0 Å². The predicted octanol–water partition coefficient (Wildman–Crippen LogP) is 2.29. The highest BCUT2D eigenvalue weighted by Gasteiger charge is 2.20. The fourth-order valence-corrected chi connectivity index (χ4v) is 1.66. The molecular weight excluding hydrogens is 228 g/mol. The van der Waals surface area contributed by atoms with Gasteiger partial charge in [0.25, 0.3) is 0 Å². The van der Waals surface area contributed by atoms with E-state index in [2.05, 4.69) is 0 Å². The number of rotatable bonds is 3. The van der Waals surface area contributed by atoms with Gasteiger partial charge in [-0.3, -0.25) is 9.59 Å². The molecule has 1 aromatic carbocycles. The van der Waals surface area contributed by atoms with Crippen molar-refractivity contribution in [3.05, 3.63) is 60.2 Å². The van der Waals surface area contributed by atoms with Crippen LogP contribution < -0.4 is 0 Å². The Labute approximate surface area is 105 Å². The highest BCUT2D eigenvalue weighted by Crippen LogP contribution is 2.18. The van der Waals surface area contributed by atoms with Crippen LogP contribution in [0.3, 0.4) is 0 Å². The summed E-state index contributed by atoms with van der Waals surface area (Å²) in [5.74, 6) is -1.14. The molecule has 0 aromatic heterocycles. The summed E-state index contributed by atoms with van der Waals surface area (Å²) in [6, 6.07) is 6.70. The minimum absolute atomic E-state index is 0.104. The van der Waals surface area contributed by atoms with Crippen molar-refractivity contribution < 1.29 is 14.7 Å². The summed E-state index contributed by atoms with van der Waals surface area (Å²) < 4.78 is 0. The minimum atomic E-state index is -0.739. The number of benzene rings is 1. The Morgan fingerprint density at radius 2 is 2.00 bits per heavy atom. The van der Waals surface area contributed by atoms with Gasteiger partial charge in [0.1, 0.15) is 11.7 Å². The van der Waals surface area contributed by atoms with Gasteiger partial charge < -0.3 is 5.11 Å². The fourth-order valence-electron chi connectivity index (χ4n) is 1.66. The van der Waals surface area contributed by atoms with Crippen LogP contribution in [0.15, 0.2) is 54.6 Å². The largest absolute Gasteiger partial charge is 0.507 e. The van der Waals surface area contributed by atoms with E-state index in [-0.39, 0.29) is 17.3 Å². The van der Waals surface area contributed by atoms with Crippen LogP contribution in [0.4, 0.5) is 0 Å². The normalized spacial score (nSPS) is 18.4. The molecule has 1 aromatic rings. The van der Waals surface area contributed by atoms with E-state index in [1.165, 1.54) is 18.2 Å². The Morgan fingerprint density at radius 3 is 2.72 bits per heavy atom. The first-order valence-corrected chi connectivity index (χ1v) is 5.57. The molecule has 18 heavy (non-hydrogen) atoms. The van der Waals surface area contributed by atoms with Crippen LogP contribution in [0.25, 0.3) is 6.08 Å². The lowest BCUT2D eigenvalue weighted by atomic mass is 9.94. The first-order valence-electron chi connectivity index (χ1n) is 5.57. The van der Waals surface area contributed by atoms with Crippen molar-refractivity contribution in [2.24, 2.45) is 5.92 Å². The van der Waals surface area contributed by atoms with Crippen molar-refractivity contribution in [2.45, 2.75) is 0 Å². The van der Waals surface area contributed by atoms with Gasteiger partial charge in [-0.1, -0.05) is 36.4 Å². The van der Waals surface area contributed by atoms with Gasteiger partial charge in [0.2, 0.25) is 0 Å². The van der Waals surface area contributed by atoms with Crippen LogP contribution in [0.2, 0.25) is 0 Å². The molecule has 1 N–H and O–H groups in total. The smallest absolute Gasteiger partial charge is 0.170 e. The number of phenolic OH excluding ortho intramolecular Hbond substituents is 1. The van der Waals surface area contributed by atoms with E-state index in [0.717, 1.165) is 0 Å². The van der Waals surface area contributed by atoms with Gasteiger partial charge in [-0.05, 0) is 24.3 Å². The quantitative estimate of drug-likeness (QED) is 0.651. The number of hydrogen-bond donors (Lipinski definition) is 1. The molecule has 90 valence electrons. The molecule has 0 saturated heterocycles. The highest BCUT2D eigenvalue weighted by atomic mass is 16.3. The molecule has 3 heteroatoms. The predicted molar refractivity (Wildman–Crippen MR) is 68.9 cm³/mol. The molecule has 1 aliphatic carbocycles. The zero-order valence-electron chi connectivity index (χ0n) is 9.61. The van der Waals surface area contributed by atoms with Crippen LogP contribution >= 0.6 is 0 Å². The molecular formula is C15H12O3. The van der Waals surface area contributed by atoms with Gasteiger partial charge in [0, 0.05) is 5.56 Å². The number of carbonyl (C=O) groups excluding carboxylic acids is 2. The van der Waals surface area contributed by atoms with E-state index in [0.29, 0.717) is 5.56 Å². The summed E-state index contributed by atoms with van der Waals surface area (Å²) in [5, 5.41) is 9.53. The van der Waals surface area contributed by atoms with Crippen LogP contribution in [-0.4, -0.2) is 16.7 Å². The van der Waals surface area contributed by atoms with Crippen molar-refractivity contribution in [3.8, 4) is 5.75 Å². The summed E-state index contributed by atoms with van der Waals surface area (Å²) in [5.41, 5.74) is 0.550. The molecule has 0 spiro atoms. The SMILES string of the molecule is O=C1C=CC=CC1C(=O)/C=C/c1ccccc1O. The van der Waals surface area contributed by atoms with E-state index >= 15 is 0 Å². The Hall–Kier alpha value is -2.42. The Kier molecular flexibility index (Phi) is 3.53. The molecule has 0 bridgehead atoms. The Bertz CT molecular complexity index is 565. The zero-order chi connectivity index (χ0) is 13.0. The maximum atomic E-state index is 11.8. The molecule has 0 radical (unpaired) electrons. The zero-order valence-corrected chi connectivity index (χ0v) is 9.61. The van der Waals surface area contributed by atoms with Gasteiger partial charge >= 0.3 is 0 Å². The number of aromatic hydroxyl groups is 1. The van der Waals surface area contributed by atoms with Crippen LogP contribution in [-0.2, 0) is 9.59 Å². The number of allylic oxidation sites excluding steroid dienone is 5. The van der Waals surface area contributed by atoms with E-state index < -0.39 is 5.92 Å². The van der Waals surface area contributed by atoms with E-state index in [9.17, 15) is 14.7 Å². The van der Waals surface area contributed by atoms with Crippen LogP contribution in [0.1, 0.15) is 5.56 Å². The topological polar surface area (TPSA) is 54.4 Å². The van der Waals surface area contributed by atoms with Crippen LogP contribution in [0, 0.1) is 5.92 Å². The average Bonchev–Trinajstić information content (AvgIpc) is 2.38. The Morgan fingerprint density at radius 1 is 1.22 bits per heavy atom. The molecule has 0 amide bonds. The molecule has 0 saturated carbocycles. The minimum Gasteiger partial charge on any atom is -0.507 e. The number of hydrogen-bond acceptors (Lipinski definition) is 3. The number of para-hydroxylation sites is 1. The van der Waals surface area contributed by atoms with Crippen molar-refractivity contribution in [1.82, 2.24) is 0 Å². The lowest BCUT2D eigenvalue weighted by Crippen LogP contribution is -2.20. The van der Waals surface area contributed by atoms with Crippen molar-refractivity contribution in [2.75, 3.05) is 0 Å². The van der Waals surface area contributed by atoms with Crippen molar-refractivity contribution in [1.29, 1.82) is 0 Å². The molecule has 1 aliphatic rings. The third-order valence-corrected chi connectivity index (χ3v) is 2.65. The van der Waals surface area contributed by atoms with Gasteiger partial charge in [0.05, 0.1) is 0 Å². The van der Waals surface area contributed by atoms with Gasteiger partial charge in [-0.25, -0.2) is 0 Å². The van der Waals surface area contributed by atoms with E-state index in [1.807, 2.05) is 0 Å². The lowest BCUT2D eigenvalue weighted by molar-refractivity contribution is -0.125. The van der Waals surface area contributed by atoms with Gasteiger partial charge in [-0.15, -0.1) is 0 Å². The lowest BCUT2D eigenvalue weighted by Gasteiger charge is -2.07. The molecule has 1 atom stereocenters. The maximum absolute atomic E-state index is 11.8. The third kappa shape index (κ3) is 2.63. The average molecular weight is 240 g/mol. The monoisotopic (exact) mass is 240 g/mol. The molecule has 0 aliphatic heterocycles. The number of phenols is 1. The number of ketones is 2. The summed E-state index contributed by atoms with van der Waals surface area (Å²) in [7, 11) is 0. The molecule has 0 fully saturated rings. The third-order valence-electron chi connectivity index (χ3n) is 2.65. The Balaban J connectivity index is 2.13. The summed E-state index contributed by atoms with van der Waals surface area (Å²) in [6.07, 6.45) is 9.07. The molecule has 1 unspecified atom stereocenters. The second-order valence-electron chi connectivity index (χ2n) is 3.92. The fraction of sp³-hybridized carbons (Fsp3) is 0.0667. The first-order chi connectivity index (χ1) is 8.68. The second-order valence-corrected chi connectivity index (χ2v) is 3.92. The molecule has 2 rings (SSSR count). The standard InChI is InChI=1S/C15H12O3/c16-13-7-3-1-5-11(13)9-10-15(18)12-6-2-4-8-14(12)17/h1-10,12,16H/b10-9+. The molecule has 3 nitrogen and oxygen atoms in total. The first kappa shape index (κ1) is 12.0. The van der Waals surface area contributed by atoms with Crippen molar-refractivity contribution in [3.63, 3.8) is 0 Å². The van der Waals surface area contributed by atoms with Gasteiger partial charge in [-0.2, -0.15) is 0 Å².